The lowest BCUT2D eigenvalue weighted by Gasteiger charge is -2.21. The van der Waals surface area contributed by atoms with Crippen LogP contribution in [0.1, 0.15) is 25.5 Å². The second-order valence-corrected chi connectivity index (χ2v) is 6.93. The van der Waals surface area contributed by atoms with E-state index in [9.17, 15) is 0 Å². The summed E-state index contributed by atoms with van der Waals surface area (Å²) in [6.45, 7) is 7.40. The Balaban J connectivity index is 1.43. The number of rotatable bonds is 7. The molecule has 26 heavy (non-hydrogen) atoms. The Bertz CT molecular complexity index is 691. The lowest BCUT2D eigenvalue weighted by Crippen LogP contribution is -2.41. The van der Waals surface area contributed by atoms with Crippen molar-refractivity contribution in [3.8, 4) is 11.5 Å². The number of oxazole rings is 1. The summed E-state index contributed by atoms with van der Waals surface area (Å²) in [5.41, 5.74) is 1.84. The molecular weight excluding hydrogens is 326 g/mol. The Morgan fingerprint density at radius 2 is 2.00 bits per heavy atom. The summed E-state index contributed by atoms with van der Waals surface area (Å²) in [5, 5.41) is 6.71. The van der Waals surface area contributed by atoms with Crippen molar-refractivity contribution in [1.82, 2.24) is 20.5 Å². The Morgan fingerprint density at radius 1 is 1.23 bits per heavy atom. The third kappa shape index (κ3) is 5.33. The first-order chi connectivity index (χ1) is 12.7. The van der Waals surface area contributed by atoms with Gasteiger partial charge in [-0.3, -0.25) is 4.99 Å². The first-order valence-electron chi connectivity index (χ1n) is 9.41. The standard InChI is InChI=1S/C20H29N5O/c1-16(14-25-10-6-7-11-25)12-22-20(21-2)23-13-18-15-26-19(24-18)17-8-4-3-5-9-17/h3-5,8-9,15-16H,6-7,10-14H2,1-2H3,(H2,21,22,23). The lowest BCUT2D eigenvalue weighted by atomic mass is 10.1. The molecule has 1 fully saturated rings. The highest BCUT2D eigenvalue weighted by Gasteiger charge is 2.15. The number of guanidine groups is 1. The van der Waals surface area contributed by atoms with Crippen LogP contribution in [0, 0.1) is 5.92 Å². The first kappa shape index (κ1) is 18.5. The Labute approximate surface area is 155 Å². The number of aliphatic imine (C=N–C) groups is 1. The van der Waals surface area contributed by atoms with Gasteiger partial charge in [-0.15, -0.1) is 0 Å². The molecule has 3 rings (SSSR count). The number of nitrogens with one attached hydrogen (secondary N) is 2. The van der Waals surface area contributed by atoms with Crippen molar-refractivity contribution in [3.05, 3.63) is 42.3 Å². The number of hydrogen-bond acceptors (Lipinski definition) is 4. The molecule has 1 atom stereocenters. The molecule has 0 bridgehead atoms. The largest absolute Gasteiger partial charge is 0.444 e. The summed E-state index contributed by atoms with van der Waals surface area (Å²) in [6.07, 6.45) is 4.37. The average Bonchev–Trinajstić information content (AvgIpc) is 3.34. The van der Waals surface area contributed by atoms with E-state index in [1.54, 1.807) is 13.3 Å². The molecule has 140 valence electrons. The first-order valence-corrected chi connectivity index (χ1v) is 9.41. The summed E-state index contributed by atoms with van der Waals surface area (Å²) in [5.74, 6) is 2.02. The second kappa shape index (κ2) is 9.38. The highest BCUT2D eigenvalue weighted by atomic mass is 16.3. The monoisotopic (exact) mass is 355 g/mol. The van der Waals surface area contributed by atoms with Gasteiger partial charge in [-0.25, -0.2) is 4.98 Å². The highest BCUT2D eigenvalue weighted by molar-refractivity contribution is 5.79. The van der Waals surface area contributed by atoms with Gasteiger partial charge < -0.3 is 20.0 Å². The van der Waals surface area contributed by atoms with Gasteiger partial charge in [-0.05, 0) is 44.0 Å². The zero-order chi connectivity index (χ0) is 18.2. The molecule has 2 heterocycles. The molecule has 1 unspecified atom stereocenters. The summed E-state index contributed by atoms with van der Waals surface area (Å²) >= 11 is 0. The van der Waals surface area contributed by atoms with Gasteiger partial charge >= 0.3 is 0 Å². The fourth-order valence-corrected chi connectivity index (χ4v) is 3.24. The van der Waals surface area contributed by atoms with Gasteiger partial charge in [0.15, 0.2) is 5.96 Å². The smallest absolute Gasteiger partial charge is 0.226 e. The van der Waals surface area contributed by atoms with Crippen molar-refractivity contribution in [2.75, 3.05) is 33.2 Å². The molecule has 1 aliphatic heterocycles. The SMILES string of the molecule is CN=C(NCc1coc(-c2ccccc2)n1)NCC(C)CN1CCCC1. The molecule has 1 aromatic carbocycles. The normalized spacial score (nSPS) is 16.6. The maximum atomic E-state index is 5.57. The molecule has 2 N–H and O–H groups in total. The van der Waals surface area contributed by atoms with Crippen LogP contribution in [0.25, 0.3) is 11.5 Å². The van der Waals surface area contributed by atoms with E-state index in [2.05, 4.69) is 32.4 Å². The summed E-state index contributed by atoms with van der Waals surface area (Å²) < 4.78 is 5.57. The van der Waals surface area contributed by atoms with Crippen LogP contribution >= 0.6 is 0 Å². The van der Waals surface area contributed by atoms with E-state index < -0.39 is 0 Å². The lowest BCUT2D eigenvalue weighted by molar-refractivity contribution is 0.287. The Hall–Kier alpha value is -2.34. The van der Waals surface area contributed by atoms with Crippen molar-refractivity contribution < 1.29 is 4.42 Å². The quantitative estimate of drug-likeness (QED) is 0.591. The van der Waals surface area contributed by atoms with Crippen molar-refractivity contribution in [2.45, 2.75) is 26.3 Å². The van der Waals surface area contributed by atoms with Gasteiger partial charge in [0.2, 0.25) is 5.89 Å². The van der Waals surface area contributed by atoms with E-state index in [-0.39, 0.29) is 0 Å². The van der Waals surface area contributed by atoms with E-state index in [4.69, 9.17) is 4.42 Å². The van der Waals surface area contributed by atoms with E-state index >= 15 is 0 Å². The minimum Gasteiger partial charge on any atom is -0.444 e. The Kier molecular flexibility index (Phi) is 6.66. The molecule has 0 spiro atoms. The summed E-state index contributed by atoms with van der Waals surface area (Å²) in [7, 11) is 1.79. The molecule has 0 radical (unpaired) electrons. The van der Waals surface area contributed by atoms with Crippen molar-refractivity contribution >= 4 is 5.96 Å². The molecular formula is C20H29N5O. The molecule has 6 nitrogen and oxygen atoms in total. The van der Waals surface area contributed by atoms with Gasteiger partial charge in [0.05, 0.1) is 12.2 Å². The predicted molar refractivity (Wildman–Crippen MR) is 105 cm³/mol. The minimum atomic E-state index is 0.580. The Morgan fingerprint density at radius 3 is 2.73 bits per heavy atom. The average molecular weight is 355 g/mol. The van der Waals surface area contributed by atoms with Crippen LogP contribution in [0.4, 0.5) is 0 Å². The van der Waals surface area contributed by atoms with Gasteiger partial charge in [0.1, 0.15) is 6.26 Å². The third-order valence-corrected chi connectivity index (χ3v) is 4.62. The topological polar surface area (TPSA) is 65.7 Å². The maximum absolute atomic E-state index is 5.57. The van der Waals surface area contributed by atoms with Gasteiger partial charge in [0, 0.05) is 25.7 Å². The molecule has 1 aromatic heterocycles. The van der Waals surface area contributed by atoms with Gasteiger partial charge in [0.25, 0.3) is 0 Å². The number of aromatic nitrogens is 1. The number of likely N-dealkylation sites (tertiary alicyclic amines) is 1. The maximum Gasteiger partial charge on any atom is 0.226 e. The molecule has 1 aliphatic rings. The second-order valence-electron chi connectivity index (χ2n) is 6.93. The number of hydrogen-bond donors (Lipinski definition) is 2. The van der Waals surface area contributed by atoms with E-state index in [1.165, 1.54) is 25.9 Å². The molecule has 1 saturated heterocycles. The van der Waals surface area contributed by atoms with Crippen LogP contribution in [-0.4, -0.2) is 49.1 Å². The van der Waals surface area contributed by atoms with Crippen LogP contribution < -0.4 is 10.6 Å². The third-order valence-electron chi connectivity index (χ3n) is 4.62. The molecule has 2 aromatic rings. The van der Waals surface area contributed by atoms with Gasteiger partial charge in [-0.2, -0.15) is 0 Å². The molecule has 6 heteroatoms. The molecule has 0 aliphatic carbocycles. The zero-order valence-electron chi connectivity index (χ0n) is 15.7. The van der Waals surface area contributed by atoms with E-state index in [1.807, 2.05) is 30.3 Å². The molecule has 0 saturated carbocycles. The fraction of sp³-hybridized carbons (Fsp3) is 0.500. The molecule has 0 amide bonds. The predicted octanol–water partition coefficient (Wildman–Crippen LogP) is 2.74. The van der Waals surface area contributed by atoms with E-state index in [0.717, 1.165) is 30.3 Å². The minimum absolute atomic E-state index is 0.580. The zero-order valence-corrected chi connectivity index (χ0v) is 15.7. The van der Waals surface area contributed by atoms with Crippen molar-refractivity contribution in [2.24, 2.45) is 10.9 Å². The highest BCUT2D eigenvalue weighted by Crippen LogP contribution is 2.17. The van der Waals surface area contributed by atoms with Crippen LogP contribution in [0.3, 0.4) is 0 Å². The summed E-state index contributed by atoms with van der Waals surface area (Å²) in [6, 6.07) is 9.92. The number of benzene rings is 1. The fourth-order valence-electron chi connectivity index (χ4n) is 3.24. The van der Waals surface area contributed by atoms with Crippen LogP contribution in [0.15, 0.2) is 46.0 Å². The van der Waals surface area contributed by atoms with Crippen LogP contribution in [0.5, 0.6) is 0 Å². The van der Waals surface area contributed by atoms with Crippen LogP contribution in [-0.2, 0) is 6.54 Å². The van der Waals surface area contributed by atoms with Crippen molar-refractivity contribution in [1.29, 1.82) is 0 Å². The summed E-state index contributed by atoms with van der Waals surface area (Å²) in [4.78, 5) is 11.4. The van der Waals surface area contributed by atoms with Gasteiger partial charge in [-0.1, -0.05) is 25.1 Å². The van der Waals surface area contributed by atoms with E-state index in [0.29, 0.717) is 18.4 Å². The van der Waals surface area contributed by atoms with Crippen molar-refractivity contribution in [3.63, 3.8) is 0 Å². The van der Waals surface area contributed by atoms with Crippen LogP contribution in [0.2, 0.25) is 0 Å². The number of nitrogens with zero attached hydrogens (tertiary/aromatic N) is 3.